The lowest BCUT2D eigenvalue weighted by Crippen LogP contribution is -2.03. The minimum atomic E-state index is 0.367. The lowest BCUT2D eigenvalue weighted by Gasteiger charge is -2.08. The van der Waals surface area contributed by atoms with E-state index < -0.39 is 0 Å². The van der Waals surface area contributed by atoms with E-state index in [9.17, 15) is 0 Å². The number of nitrogens with one attached hydrogen (secondary N) is 2. The van der Waals surface area contributed by atoms with Crippen LogP contribution in [0, 0.1) is 11.3 Å². The maximum absolute atomic E-state index is 9.11. The summed E-state index contributed by atoms with van der Waals surface area (Å²) in [6.07, 6.45) is 1.50. The van der Waals surface area contributed by atoms with Crippen LogP contribution in [-0.2, 0) is 0 Å². The molecule has 1 heterocycles. The SMILES string of the molecule is N#Cc1ccccc1Nc1cnnc(Nc2ccc(Br)cc2)n1. The van der Waals surface area contributed by atoms with Crippen LogP contribution in [0.4, 0.5) is 23.1 Å². The smallest absolute Gasteiger partial charge is 0.249 e. The van der Waals surface area contributed by atoms with Crippen LogP contribution in [0.15, 0.2) is 59.2 Å². The van der Waals surface area contributed by atoms with Crippen molar-refractivity contribution in [2.75, 3.05) is 10.6 Å². The molecule has 0 saturated heterocycles. The monoisotopic (exact) mass is 366 g/mol. The Kier molecular flexibility index (Phi) is 4.45. The average Bonchev–Trinajstić information content (AvgIpc) is 2.58. The summed E-state index contributed by atoms with van der Waals surface area (Å²) in [4.78, 5) is 4.34. The number of para-hydroxylation sites is 1. The molecule has 2 N–H and O–H groups in total. The van der Waals surface area contributed by atoms with Gasteiger partial charge in [0.15, 0.2) is 5.82 Å². The molecule has 0 atom stereocenters. The van der Waals surface area contributed by atoms with Crippen molar-refractivity contribution in [3.05, 3.63) is 64.8 Å². The lowest BCUT2D eigenvalue weighted by atomic mass is 10.2. The molecule has 0 saturated carbocycles. The van der Waals surface area contributed by atoms with Gasteiger partial charge in [0.2, 0.25) is 5.95 Å². The van der Waals surface area contributed by atoms with Crippen LogP contribution in [0.3, 0.4) is 0 Å². The summed E-state index contributed by atoms with van der Waals surface area (Å²) in [6.45, 7) is 0. The van der Waals surface area contributed by atoms with Crippen LogP contribution >= 0.6 is 15.9 Å². The van der Waals surface area contributed by atoms with Crippen LogP contribution in [0.25, 0.3) is 0 Å². The molecule has 0 amide bonds. The summed E-state index contributed by atoms with van der Waals surface area (Å²) < 4.78 is 0.991. The zero-order chi connectivity index (χ0) is 16.1. The Morgan fingerprint density at radius 1 is 1.00 bits per heavy atom. The minimum Gasteiger partial charge on any atom is -0.338 e. The van der Waals surface area contributed by atoms with Crippen molar-refractivity contribution in [3.63, 3.8) is 0 Å². The van der Waals surface area contributed by atoms with Gasteiger partial charge in [-0.1, -0.05) is 28.1 Å². The molecule has 0 radical (unpaired) electrons. The second-order valence-electron chi connectivity index (χ2n) is 4.58. The van der Waals surface area contributed by atoms with Crippen molar-refractivity contribution in [3.8, 4) is 6.07 Å². The van der Waals surface area contributed by atoms with E-state index in [4.69, 9.17) is 5.26 Å². The third-order valence-corrected chi connectivity index (χ3v) is 3.50. The van der Waals surface area contributed by atoms with Crippen molar-refractivity contribution in [1.29, 1.82) is 5.26 Å². The van der Waals surface area contributed by atoms with Crippen LogP contribution in [0.1, 0.15) is 5.56 Å². The molecule has 2 aromatic carbocycles. The molecule has 3 aromatic rings. The molecular formula is C16H11BrN6. The van der Waals surface area contributed by atoms with Crippen LogP contribution in [0.5, 0.6) is 0 Å². The van der Waals surface area contributed by atoms with Gasteiger partial charge in [-0.05, 0) is 36.4 Å². The zero-order valence-electron chi connectivity index (χ0n) is 11.9. The Morgan fingerprint density at radius 2 is 1.78 bits per heavy atom. The number of hydrogen-bond acceptors (Lipinski definition) is 6. The number of benzene rings is 2. The summed E-state index contributed by atoms with van der Waals surface area (Å²) >= 11 is 3.39. The third-order valence-electron chi connectivity index (χ3n) is 2.97. The number of nitrogens with zero attached hydrogens (tertiary/aromatic N) is 4. The van der Waals surface area contributed by atoms with Crippen molar-refractivity contribution >= 4 is 39.1 Å². The molecule has 0 aliphatic rings. The van der Waals surface area contributed by atoms with Crippen LogP contribution in [-0.4, -0.2) is 15.2 Å². The number of rotatable bonds is 4. The standard InChI is InChI=1S/C16H11BrN6/c17-12-5-7-13(8-6-12)20-16-22-15(10-19-23-16)21-14-4-2-1-3-11(14)9-18/h1-8,10H,(H2,20,21,22,23). The van der Waals surface area contributed by atoms with Gasteiger partial charge in [-0.25, -0.2) is 0 Å². The summed E-state index contributed by atoms with van der Waals surface area (Å²) in [7, 11) is 0. The molecule has 7 heteroatoms. The Bertz CT molecular complexity index is 857. The van der Waals surface area contributed by atoms with Crippen molar-refractivity contribution in [1.82, 2.24) is 15.2 Å². The van der Waals surface area contributed by atoms with E-state index in [1.165, 1.54) is 6.20 Å². The lowest BCUT2D eigenvalue weighted by molar-refractivity contribution is 0.982. The number of aromatic nitrogens is 3. The fourth-order valence-electron chi connectivity index (χ4n) is 1.91. The maximum atomic E-state index is 9.11. The van der Waals surface area contributed by atoms with Gasteiger partial charge >= 0.3 is 0 Å². The fourth-order valence-corrected chi connectivity index (χ4v) is 2.17. The molecule has 6 nitrogen and oxygen atoms in total. The van der Waals surface area contributed by atoms with Crippen molar-refractivity contribution in [2.45, 2.75) is 0 Å². The first kappa shape index (κ1) is 14.9. The molecule has 23 heavy (non-hydrogen) atoms. The second kappa shape index (κ2) is 6.85. The third kappa shape index (κ3) is 3.81. The average molecular weight is 367 g/mol. The maximum Gasteiger partial charge on any atom is 0.249 e. The molecular weight excluding hydrogens is 356 g/mol. The molecule has 112 valence electrons. The van der Waals surface area contributed by atoms with E-state index >= 15 is 0 Å². The van der Waals surface area contributed by atoms with Crippen molar-refractivity contribution in [2.24, 2.45) is 0 Å². The van der Waals surface area contributed by atoms with Gasteiger partial charge in [0.25, 0.3) is 0 Å². The molecule has 0 aliphatic carbocycles. The number of halogens is 1. The van der Waals surface area contributed by atoms with Gasteiger partial charge in [-0.15, -0.1) is 5.10 Å². The van der Waals surface area contributed by atoms with Gasteiger partial charge in [-0.2, -0.15) is 15.3 Å². The normalized spacial score (nSPS) is 9.91. The van der Waals surface area contributed by atoms with Crippen LogP contribution < -0.4 is 10.6 Å². The summed E-state index contributed by atoms with van der Waals surface area (Å²) in [5.74, 6) is 0.870. The highest BCUT2D eigenvalue weighted by Gasteiger charge is 2.05. The van der Waals surface area contributed by atoms with E-state index in [2.05, 4.69) is 47.8 Å². The highest BCUT2D eigenvalue weighted by molar-refractivity contribution is 9.10. The quantitative estimate of drug-likeness (QED) is 0.725. The Morgan fingerprint density at radius 3 is 2.57 bits per heavy atom. The minimum absolute atomic E-state index is 0.367. The highest BCUT2D eigenvalue weighted by atomic mass is 79.9. The fraction of sp³-hybridized carbons (Fsp3) is 0. The zero-order valence-corrected chi connectivity index (χ0v) is 13.4. The van der Waals surface area contributed by atoms with Gasteiger partial charge in [0.1, 0.15) is 6.07 Å². The van der Waals surface area contributed by atoms with Gasteiger partial charge in [0, 0.05) is 10.2 Å². The van der Waals surface area contributed by atoms with Crippen molar-refractivity contribution < 1.29 is 0 Å². The number of hydrogen-bond donors (Lipinski definition) is 2. The molecule has 1 aromatic heterocycles. The summed E-state index contributed by atoms with van der Waals surface area (Å²) in [5.41, 5.74) is 2.06. The Hall–Kier alpha value is -2.98. The summed E-state index contributed by atoms with van der Waals surface area (Å²) in [5, 5.41) is 23.1. The van der Waals surface area contributed by atoms with Gasteiger partial charge in [-0.3, -0.25) is 0 Å². The molecule has 0 bridgehead atoms. The van der Waals surface area contributed by atoms with Crippen LogP contribution in [0.2, 0.25) is 0 Å². The molecule has 3 rings (SSSR count). The largest absolute Gasteiger partial charge is 0.338 e. The van der Waals surface area contributed by atoms with Gasteiger partial charge in [0.05, 0.1) is 17.4 Å². The van der Waals surface area contributed by atoms with E-state index in [-0.39, 0.29) is 0 Å². The molecule has 0 unspecified atom stereocenters. The first-order valence-corrected chi connectivity index (χ1v) is 7.52. The second-order valence-corrected chi connectivity index (χ2v) is 5.50. The summed E-state index contributed by atoms with van der Waals surface area (Å²) in [6, 6.07) is 17.0. The first-order valence-electron chi connectivity index (χ1n) is 6.73. The molecule has 0 aliphatic heterocycles. The van der Waals surface area contributed by atoms with Gasteiger partial charge < -0.3 is 10.6 Å². The molecule has 0 fully saturated rings. The Labute approximate surface area is 141 Å². The predicted molar refractivity (Wildman–Crippen MR) is 91.7 cm³/mol. The number of anilines is 4. The van der Waals surface area contributed by atoms with E-state index in [0.29, 0.717) is 23.0 Å². The Balaban J connectivity index is 1.80. The first-order chi connectivity index (χ1) is 11.2. The van der Waals surface area contributed by atoms with E-state index in [0.717, 1.165) is 10.2 Å². The topological polar surface area (TPSA) is 86.5 Å². The number of nitriles is 1. The molecule has 0 spiro atoms. The van der Waals surface area contributed by atoms with E-state index in [1.54, 1.807) is 6.07 Å². The highest BCUT2D eigenvalue weighted by Crippen LogP contribution is 2.20. The van der Waals surface area contributed by atoms with E-state index in [1.807, 2.05) is 42.5 Å². The predicted octanol–water partition coefficient (Wildman–Crippen LogP) is 3.99.